The van der Waals surface area contributed by atoms with Gasteiger partial charge in [0, 0.05) is 49.0 Å². The molecular weight excluding hydrogens is 474 g/mol. The summed E-state index contributed by atoms with van der Waals surface area (Å²) in [7, 11) is 1.77. The minimum atomic E-state index is -0.155. The topological polar surface area (TPSA) is 132 Å². The average molecular weight is 512 g/mol. The van der Waals surface area contributed by atoms with Crippen LogP contribution in [0.15, 0.2) is 57.1 Å². The number of methoxy groups -OCH3 is 1. The fraction of sp³-hybridized carbons (Fsp3) is 0.462. The first-order valence-corrected chi connectivity index (χ1v) is 13.0. The van der Waals surface area contributed by atoms with Crippen LogP contribution in [0.3, 0.4) is 0 Å². The molecule has 2 aromatic rings. The van der Waals surface area contributed by atoms with Crippen molar-refractivity contribution in [2.24, 2.45) is 22.4 Å². The number of hydrogen-bond acceptors (Lipinski definition) is 8. The minimum Gasteiger partial charge on any atom is -0.402 e. The summed E-state index contributed by atoms with van der Waals surface area (Å²) >= 11 is 1.43. The van der Waals surface area contributed by atoms with Crippen LogP contribution in [0.1, 0.15) is 47.0 Å². The second-order valence-corrected chi connectivity index (χ2v) is 10.4. The van der Waals surface area contributed by atoms with Gasteiger partial charge in [-0.25, -0.2) is 15.0 Å². The lowest BCUT2D eigenvalue weighted by atomic mass is 9.83. The molecule has 194 valence electrons. The molecule has 1 fully saturated rings. The number of aromatic nitrogens is 2. The number of carbonyl (C=O) groups is 1. The number of allylic oxidation sites excluding steroid dienone is 1. The first kappa shape index (κ1) is 27.5. The number of amides is 1. The Morgan fingerprint density at radius 2 is 1.92 bits per heavy atom. The van der Waals surface area contributed by atoms with E-state index in [0.717, 1.165) is 42.3 Å². The zero-order valence-corrected chi connectivity index (χ0v) is 22.6. The summed E-state index contributed by atoms with van der Waals surface area (Å²) in [6.45, 7) is 9.60. The van der Waals surface area contributed by atoms with Gasteiger partial charge in [0.2, 0.25) is 5.91 Å². The zero-order valence-electron chi connectivity index (χ0n) is 21.7. The number of nitrogens with one attached hydrogen (secondary N) is 1. The van der Waals surface area contributed by atoms with Crippen molar-refractivity contribution in [2.45, 2.75) is 62.6 Å². The van der Waals surface area contributed by atoms with Gasteiger partial charge in [-0.15, -0.1) is 0 Å². The summed E-state index contributed by atoms with van der Waals surface area (Å²) in [5.74, 6) is 2.03. The molecular formula is C26H37N7O2S. The highest BCUT2D eigenvalue weighted by Crippen LogP contribution is 2.34. The lowest BCUT2D eigenvalue weighted by Gasteiger charge is -2.40. The number of piperidine rings is 1. The van der Waals surface area contributed by atoms with E-state index >= 15 is 0 Å². The third-order valence-corrected chi connectivity index (χ3v) is 7.17. The molecule has 1 aliphatic heterocycles. The Labute approximate surface area is 217 Å². The molecule has 0 saturated carbocycles. The Morgan fingerprint density at radius 1 is 1.25 bits per heavy atom. The summed E-state index contributed by atoms with van der Waals surface area (Å²) in [5.41, 5.74) is 13.0. The molecule has 3 rings (SSSR count). The van der Waals surface area contributed by atoms with Gasteiger partial charge in [-0.05, 0) is 81.6 Å². The predicted molar refractivity (Wildman–Crippen MR) is 147 cm³/mol. The maximum atomic E-state index is 11.6. The van der Waals surface area contributed by atoms with E-state index in [2.05, 4.69) is 34.0 Å². The van der Waals surface area contributed by atoms with Gasteiger partial charge in [0.05, 0.1) is 5.60 Å². The maximum absolute atomic E-state index is 11.6. The highest BCUT2D eigenvalue weighted by Gasteiger charge is 2.33. The SMILES string of the molecule is CCC(=O)Nc1ccc(Sc2nc(N=C(N)C=C(C)N)cc(N3CCC(C(C)(C)OC)CC3)n2)cc1. The molecule has 1 saturated heterocycles. The molecule has 1 aromatic carbocycles. The summed E-state index contributed by atoms with van der Waals surface area (Å²) in [5, 5.41) is 3.42. The van der Waals surface area contributed by atoms with Gasteiger partial charge in [-0.3, -0.25) is 4.79 Å². The average Bonchev–Trinajstić information content (AvgIpc) is 2.84. The van der Waals surface area contributed by atoms with Gasteiger partial charge in [0.1, 0.15) is 11.7 Å². The van der Waals surface area contributed by atoms with E-state index in [9.17, 15) is 4.79 Å². The second kappa shape index (κ2) is 12.2. The Balaban J connectivity index is 1.85. The van der Waals surface area contributed by atoms with Crippen LogP contribution in [0, 0.1) is 5.92 Å². The molecule has 5 N–H and O–H groups in total. The van der Waals surface area contributed by atoms with Crippen LogP contribution in [-0.2, 0) is 9.53 Å². The molecule has 2 heterocycles. The van der Waals surface area contributed by atoms with Crippen molar-refractivity contribution in [2.75, 3.05) is 30.4 Å². The summed E-state index contributed by atoms with van der Waals surface area (Å²) in [4.78, 5) is 28.8. The van der Waals surface area contributed by atoms with Crippen molar-refractivity contribution in [3.63, 3.8) is 0 Å². The third-order valence-electron chi connectivity index (χ3n) is 6.29. The van der Waals surface area contributed by atoms with Crippen molar-refractivity contribution >= 4 is 40.8 Å². The number of carbonyl (C=O) groups excluding carboxylic acids is 1. The molecule has 36 heavy (non-hydrogen) atoms. The van der Waals surface area contributed by atoms with Crippen molar-refractivity contribution in [1.82, 2.24) is 9.97 Å². The van der Waals surface area contributed by atoms with Gasteiger partial charge in [-0.2, -0.15) is 0 Å². The number of aliphatic imine (C=N–C) groups is 1. The maximum Gasteiger partial charge on any atom is 0.224 e. The number of ether oxygens (including phenoxy) is 1. The number of nitrogens with two attached hydrogens (primary N) is 2. The predicted octanol–water partition coefficient (Wildman–Crippen LogP) is 4.47. The van der Waals surface area contributed by atoms with Crippen LogP contribution in [0.4, 0.5) is 17.3 Å². The van der Waals surface area contributed by atoms with Crippen LogP contribution in [0.5, 0.6) is 0 Å². The molecule has 10 heteroatoms. The summed E-state index contributed by atoms with van der Waals surface area (Å²) in [6, 6.07) is 9.47. The third kappa shape index (κ3) is 7.69. The van der Waals surface area contributed by atoms with Gasteiger partial charge in [0.15, 0.2) is 11.0 Å². The molecule has 1 aromatic heterocycles. The molecule has 1 aliphatic rings. The van der Waals surface area contributed by atoms with Crippen molar-refractivity contribution in [3.05, 3.63) is 42.1 Å². The van der Waals surface area contributed by atoms with E-state index < -0.39 is 0 Å². The molecule has 9 nitrogen and oxygen atoms in total. The molecule has 0 radical (unpaired) electrons. The minimum absolute atomic E-state index is 0.0223. The highest BCUT2D eigenvalue weighted by atomic mass is 32.2. The fourth-order valence-electron chi connectivity index (χ4n) is 4.00. The molecule has 0 atom stereocenters. The highest BCUT2D eigenvalue weighted by molar-refractivity contribution is 7.99. The normalized spacial score (nSPS) is 15.8. The standard InChI is InChI=1S/C26H37N7O2S/c1-6-24(34)29-19-7-9-20(10-8-19)36-25-31-22(30-21(28)15-17(2)27)16-23(32-25)33-13-11-18(12-14-33)26(3,4)35-5/h7-10,15-16,18H,6,11-14,27H2,1-5H3,(H,29,34)(H2,28,30,31,32). The van der Waals surface area contributed by atoms with Crippen molar-refractivity contribution < 1.29 is 9.53 Å². The smallest absolute Gasteiger partial charge is 0.224 e. The van der Waals surface area contributed by atoms with Crippen LogP contribution in [-0.4, -0.2) is 47.5 Å². The number of rotatable bonds is 9. The Bertz CT molecular complexity index is 1100. The summed E-state index contributed by atoms with van der Waals surface area (Å²) in [6.07, 6.45) is 4.06. The first-order valence-electron chi connectivity index (χ1n) is 12.1. The first-order chi connectivity index (χ1) is 17.1. The van der Waals surface area contributed by atoms with E-state index in [0.29, 0.717) is 29.0 Å². The number of anilines is 2. The van der Waals surface area contributed by atoms with E-state index in [1.165, 1.54) is 11.8 Å². The van der Waals surface area contributed by atoms with Crippen molar-refractivity contribution in [3.8, 4) is 0 Å². The monoisotopic (exact) mass is 511 g/mol. The Kier molecular flexibility index (Phi) is 9.33. The van der Waals surface area contributed by atoms with Gasteiger partial charge < -0.3 is 26.4 Å². The van der Waals surface area contributed by atoms with Gasteiger partial charge in [-0.1, -0.05) is 6.92 Å². The van der Waals surface area contributed by atoms with E-state index in [-0.39, 0.29) is 17.3 Å². The largest absolute Gasteiger partial charge is 0.402 e. The number of hydrogen-bond donors (Lipinski definition) is 3. The quantitative estimate of drug-likeness (QED) is 0.255. The Morgan fingerprint density at radius 3 is 2.50 bits per heavy atom. The molecule has 1 amide bonds. The van der Waals surface area contributed by atoms with Crippen LogP contribution in [0.2, 0.25) is 0 Å². The number of benzene rings is 1. The lowest BCUT2D eigenvalue weighted by Crippen LogP contribution is -2.43. The number of amidine groups is 1. The summed E-state index contributed by atoms with van der Waals surface area (Å²) < 4.78 is 5.72. The van der Waals surface area contributed by atoms with Crippen molar-refractivity contribution in [1.29, 1.82) is 0 Å². The zero-order chi connectivity index (χ0) is 26.3. The molecule has 0 aliphatic carbocycles. The van der Waals surface area contributed by atoms with Gasteiger partial charge in [0.25, 0.3) is 0 Å². The van der Waals surface area contributed by atoms with Crippen LogP contribution >= 0.6 is 11.8 Å². The fourth-order valence-corrected chi connectivity index (χ4v) is 4.76. The van der Waals surface area contributed by atoms with E-state index in [1.54, 1.807) is 20.1 Å². The van der Waals surface area contributed by atoms with Crippen LogP contribution < -0.4 is 21.7 Å². The number of nitrogens with zero attached hydrogens (tertiary/aromatic N) is 4. The van der Waals surface area contributed by atoms with Gasteiger partial charge >= 0.3 is 0 Å². The van der Waals surface area contributed by atoms with Crippen LogP contribution in [0.25, 0.3) is 0 Å². The van der Waals surface area contributed by atoms with E-state index in [4.69, 9.17) is 21.2 Å². The molecule has 0 unspecified atom stereocenters. The molecule has 0 bridgehead atoms. The second-order valence-electron chi connectivity index (χ2n) is 9.39. The van der Waals surface area contributed by atoms with E-state index in [1.807, 2.05) is 37.3 Å². The Hall–Kier alpha value is -3.11. The lowest BCUT2D eigenvalue weighted by molar-refractivity contribution is -0.115. The molecule has 0 spiro atoms.